The Bertz CT molecular complexity index is 547. The van der Waals surface area contributed by atoms with Gasteiger partial charge in [0.05, 0.1) is 13.2 Å². The number of hydrogen-bond acceptors (Lipinski definition) is 5. The van der Waals surface area contributed by atoms with Gasteiger partial charge in [-0.25, -0.2) is 0 Å². The van der Waals surface area contributed by atoms with Crippen LogP contribution in [0.15, 0.2) is 18.2 Å². The first-order valence-corrected chi connectivity index (χ1v) is 7.97. The highest BCUT2D eigenvalue weighted by atomic mass is 16.5. The molecular weight excluding hydrogens is 296 g/mol. The number of ether oxygens (including phenoxy) is 2. The lowest BCUT2D eigenvalue weighted by atomic mass is 10.0. The molecule has 0 saturated carbocycles. The summed E-state index contributed by atoms with van der Waals surface area (Å²) in [6.07, 6.45) is -0.0124. The van der Waals surface area contributed by atoms with Gasteiger partial charge in [-0.1, -0.05) is 6.07 Å². The summed E-state index contributed by atoms with van der Waals surface area (Å²) in [5.41, 5.74) is 0.711. The Morgan fingerprint density at radius 3 is 2.70 bits per heavy atom. The van der Waals surface area contributed by atoms with E-state index >= 15 is 0 Å². The first kappa shape index (κ1) is 17.6. The molecule has 0 spiro atoms. The second-order valence-electron chi connectivity index (χ2n) is 6.17. The van der Waals surface area contributed by atoms with E-state index in [9.17, 15) is 9.90 Å². The molecule has 1 saturated heterocycles. The molecule has 1 fully saturated rings. The summed E-state index contributed by atoms with van der Waals surface area (Å²) in [5, 5.41) is 13.1. The minimum absolute atomic E-state index is 0.0124. The molecule has 0 aliphatic carbocycles. The van der Waals surface area contributed by atoms with Crippen molar-refractivity contribution in [1.82, 2.24) is 10.2 Å². The Morgan fingerprint density at radius 2 is 2.13 bits per heavy atom. The van der Waals surface area contributed by atoms with Crippen LogP contribution in [-0.2, 0) is 4.79 Å². The van der Waals surface area contributed by atoms with Crippen LogP contribution in [0.5, 0.6) is 11.5 Å². The van der Waals surface area contributed by atoms with Gasteiger partial charge in [-0.15, -0.1) is 0 Å². The maximum absolute atomic E-state index is 11.9. The normalized spacial score (nSPS) is 20.3. The van der Waals surface area contributed by atoms with Gasteiger partial charge >= 0.3 is 5.97 Å². The number of nitrogens with zero attached hydrogens (tertiary/aromatic N) is 1. The zero-order chi connectivity index (χ0) is 17.0. The highest BCUT2D eigenvalue weighted by molar-refractivity contribution is 5.76. The largest absolute Gasteiger partial charge is 0.493 e. The van der Waals surface area contributed by atoms with Crippen molar-refractivity contribution in [3.8, 4) is 11.5 Å². The van der Waals surface area contributed by atoms with Gasteiger partial charge in [0.2, 0.25) is 0 Å². The maximum Gasteiger partial charge on any atom is 0.325 e. The molecule has 2 rings (SSSR count). The fourth-order valence-corrected chi connectivity index (χ4v) is 2.92. The van der Waals surface area contributed by atoms with Crippen LogP contribution in [0, 0.1) is 0 Å². The topological polar surface area (TPSA) is 71.0 Å². The van der Waals surface area contributed by atoms with Gasteiger partial charge in [0.25, 0.3) is 0 Å². The minimum atomic E-state index is -0.847. The first-order valence-electron chi connectivity index (χ1n) is 7.97. The van der Waals surface area contributed by atoms with E-state index in [0.29, 0.717) is 30.2 Å². The highest BCUT2D eigenvalue weighted by Crippen LogP contribution is 2.33. The standard InChI is InChI=1S/C17H26N2O4/c1-11(2)23-15-9-13(5-6-14(15)22-4)16(17(20)21)19-8-7-18-12(3)10-19/h5-6,9,11-12,16,18H,7-8,10H2,1-4H3,(H,20,21). The third-order valence-corrected chi connectivity index (χ3v) is 3.87. The predicted molar refractivity (Wildman–Crippen MR) is 88.2 cm³/mol. The van der Waals surface area contributed by atoms with Crippen LogP contribution in [0.3, 0.4) is 0 Å². The van der Waals surface area contributed by atoms with Crippen molar-refractivity contribution in [2.75, 3.05) is 26.7 Å². The highest BCUT2D eigenvalue weighted by Gasteiger charge is 2.31. The molecule has 2 atom stereocenters. The van der Waals surface area contributed by atoms with Gasteiger partial charge in [0.1, 0.15) is 6.04 Å². The van der Waals surface area contributed by atoms with Gasteiger partial charge in [-0.2, -0.15) is 0 Å². The van der Waals surface area contributed by atoms with Gasteiger partial charge in [0, 0.05) is 25.7 Å². The summed E-state index contributed by atoms with van der Waals surface area (Å²) >= 11 is 0. The lowest BCUT2D eigenvalue weighted by Gasteiger charge is -2.36. The summed E-state index contributed by atoms with van der Waals surface area (Å²) in [5.74, 6) is 0.342. The van der Waals surface area contributed by atoms with Gasteiger partial charge < -0.3 is 19.9 Å². The molecule has 128 valence electrons. The number of nitrogens with one attached hydrogen (secondary N) is 1. The Balaban J connectivity index is 2.33. The fraction of sp³-hybridized carbons (Fsp3) is 0.588. The van der Waals surface area contributed by atoms with E-state index < -0.39 is 12.0 Å². The number of aliphatic carboxylic acids is 1. The summed E-state index contributed by atoms with van der Waals surface area (Å²) in [6, 6.07) is 4.95. The SMILES string of the molecule is COc1ccc(C(C(=O)O)N2CCNC(C)C2)cc1OC(C)C. The Hall–Kier alpha value is -1.79. The van der Waals surface area contributed by atoms with E-state index in [1.54, 1.807) is 25.3 Å². The number of piperazine rings is 1. The number of carboxylic acid groups (broad SMARTS) is 1. The third-order valence-electron chi connectivity index (χ3n) is 3.87. The van der Waals surface area contributed by atoms with Gasteiger partial charge in [-0.3, -0.25) is 9.69 Å². The maximum atomic E-state index is 11.9. The summed E-state index contributed by atoms with van der Waals surface area (Å²) in [4.78, 5) is 13.9. The van der Waals surface area contributed by atoms with E-state index in [0.717, 1.165) is 6.54 Å². The first-order chi connectivity index (χ1) is 10.9. The number of hydrogen-bond donors (Lipinski definition) is 2. The summed E-state index contributed by atoms with van der Waals surface area (Å²) in [6.45, 7) is 8.11. The molecule has 1 aliphatic rings. The van der Waals surface area contributed by atoms with Crippen molar-refractivity contribution in [1.29, 1.82) is 0 Å². The molecule has 1 aliphatic heterocycles. The molecule has 2 N–H and O–H groups in total. The Morgan fingerprint density at radius 1 is 1.39 bits per heavy atom. The zero-order valence-electron chi connectivity index (χ0n) is 14.2. The predicted octanol–water partition coefficient (Wildman–Crippen LogP) is 1.90. The van der Waals surface area contributed by atoms with Crippen molar-refractivity contribution >= 4 is 5.97 Å². The van der Waals surface area contributed by atoms with E-state index in [2.05, 4.69) is 12.2 Å². The van der Waals surface area contributed by atoms with Crippen LogP contribution >= 0.6 is 0 Å². The quantitative estimate of drug-likeness (QED) is 0.833. The fourth-order valence-electron chi connectivity index (χ4n) is 2.92. The zero-order valence-corrected chi connectivity index (χ0v) is 14.2. The summed E-state index contributed by atoms with van der Waals surface area (Å²) in [7, 11) is 1.58. The van der Waals surface area contributed by atoms with Crippen LogP contribution in [0.1, 0.15) is 32.4 Å². The molecule has 6 nitrogen and oxygen atoms in total. The van der Waals surface area contributed by atoms with Crippen LogP contribution in [0.25, 0.3) is 0 Å². The van der Waals surface area contributed by atoms with Crippen molar-refractivity contribution in [2.45, 2.75) is 39.0 Å². The smallest absolute Gasteiger partial charge is 0.325 e. The molecule has 2 unspecified atom stereocenters. The monoisotopic (exact) mass is 322 g/mol. The van der Waals surface area contributed by atoms with Crippen molar-refractivity contribution in [3.63, 3.8) is 0 Å². The summed E-state index contributed by atoms with van der Waals surface area (Å²) < 4.78 is 11.1. The molecule has 6 heteroatoms. The lowest BCUT2D eigenvalue weighted by Crippen LogP contribution is -2.51. The molecule has 0 bridgehead atoms. The molecule has 0 amide bonds. The number of carboxylic acids is 1. The molecule has 0 radical (unpaired) electrons. The van der Waals surface area contributed by atoms with E-state index in [4.69, 9.17) is 9.47 Å². The molecular formula is C17H26N2O4. The molecule has 1 aromatic carbocycles. The molecule has 0 aromatic heterocycles. The second-order valence-corrected chi connectivity index (χ2v) is 6.17. The number of benzene rings is 1. The van der Waals surface area contributed by atoms with Gasteiger partial charge in [0.15, 0.2) is 11.5 Å². The van der Waals surface area contributed by atoms with E-state index in [1.165, 1.54) is 0 Å². The second kappa shape index (κ2) is 7.66. The number of rotatable bonds is 6. The number of methoxy groups -OCH3 is 1. The number of carbonyl (C=O) groups is 1. The van der Waals surface area contributed by atoms with E-state index in [1.807, 2.05) is 18.7 Å². The Labute approximate surface area is 137 Å². The van der Waals surface area contributed by atoms with Crippen LogP contribution in [0.2, 0.25) is 0 Å². The average molecular weight is 322 g/mol. The molecule has 1 aromatic rings. The molecule has 23 heavy (non-hydrogen) atoms. The Kier molecular flexibility index (Phi) is 5.85. The van der Waals surface area contributed by atoms with Crippen molar-refractivity contribution in [2.24, 2.45) is 0 Å². The van der Waals surface area contributed by atoms with Crippen molar-refractivity contribution in [3.05, 3.63) is 23.8 Å². The average Bonchev–Trinajstić information content (AvgIpc) is 2.47. The minimum Gasteiger partial charge on any atom is -0.493 e. The van der Waals surface area contributed by atoms with Crippen LogP contribution in [-0.4, -0.2) is 54.9 Å². The third kappa shape index (κ3) is 4.36. The van der Waals surface area contributed by atoms with Crippen LogP contribution in [0.4, 0.5) is 0 Å². The van der Waals surface area contributed by atoms with E-state index in [-0.39, 0.29) is 12.1 Å². The molecule has 1 heterocycles. The lowest BCUT2D eigenvalue weighted by molar-refractivity contribution is -0.144. The van der Waals surface area contributed by atoms with Crippen LogP contribution < -0.4 is 14.8 Å². The van der Waals surface area contributed by atoms with Gasteiger partial charge in [-0.05, 0) is 38.5 Å². The van der Waals surface area contributed by atoms with Crippen molar-refractivity contribution < 1.29 is 19.4 Å².